The van der Waals surface area contributed by atoms with Crippen molar-refractivity contribution >= 4 is 17.2 Å². The molecule has 0 aliphatic carbocycles. The fraction of sp³-hybridized carbons (Fsp3) is 0.533. The van der Waals surface area contributed by atoms with Gasteiger partial charge in [0.05, 0.1) is 6.61 Å². The van der Waals surface area contributed by atoms with Gasteiger partial charge in [-0.05, 0) is 43.5 Å². The second-order valence-corrected chi connectivity index (χ2v) is 5.90. The van der Waals surface area contributed by atoms with Crippen LogP contribution in [0.25, 0.3) is 0 Å². The summed E-state index contributed by atoms with van der Waals surface area (Å²) in [7, 11) is 2.07. The first-order valence-electron chi connectivity index (χ1n) is 6.91. The van der Waals surface area contributed by atoms with Crippen molar-refractivity contribution in [2.24, 2.45) is 11.7 Å². The summed E-state index contributed by atoms with van der Waals surface area (Å²) in [6.07, 6.45) is 2.35. The Hall–Kier alpha value is -1.04. The van der Waals surface area contributed by atoms with Crippen molar-refractivity contribution in [2.45, 2.75) is 19.4 Å². The zero-order chi connectivity index (χ0) is 14.5. The highest BCUT2D eigenvalue weighted by Gasteiger charge is 2.16. The first kappa shape index (κ1) is 15.4. The van der Waals surface area contributed by atoms with Crippen LogP contribution in [0.1, 0.15) is 24.0 Å². The van der Waals surface area contributed by atoms with Gasteiger partial charge in [0, 0.05) is 25.3 Å². The third kappa shape index (κ3) is 4.23. The lowest BCUT2D eigenvalue weighted by Gasteiger charge is -2.27. The van der Waals surface area contributed by atoms with Gasteiger partial charge in [0.25, 0.3) is 0 Å². The van der Waals surface area contributed by atoms with Crippen molar-refractivity contribution < 1.29 is 9.13 Å². The van der Waals surface area contributed by atoms with E-state index in [1.807, 2.05) is 0 Å². The number of ether oxygens (including phenoxy) is 1. The molecule has 110 valence electrons. The molecule has 20 heavy (non-hydrogen) atoms. The third-order valence-corrected chi connectivity index (χ3v) is 3.79. The van der Waals surface area contributed by atoms with E-state index in [2.05, 4.69) is 11.9 Å². The van der Waals surface area contributed by atoms with Gasteiger partial charge in [0.15, 0.2) is 0 Å². The number of benzene rings is 1. The first-order chi connectivity index (χ1) is 9.56. The van der Waals surface area contributed by atoms with Crippen molar-refractivity contribution in [1.82, 2.24) is 4.90 Å². The maximum atomic E-state index is 13.5. The molecule has 0 amide bonds. The Bertz CT molecular complexity index is 475. The van der Waals surface area contributed by atoms with E-state index in [1.54, 1.807) is 12.1 Å². The molecule has 1 atom stereocenters. The van der Waals surface area contributed by atoms with Crippen LogP contribution in [-0.2, 0) is 11.3 Å². The average Bonchev–Trinajstić information content (AvgIpc) is 2.41. The summed E-state index contributed by atoms with van der Waals surface area (Å²) in [5.74, 6) is 0.230. The standard InChI is InChI=1S/C15H21FN2OS/c1-18(9-12-3-2-6-19-10-12)8-11-4-5-14(16)13(7-11)15(17)20/h4-5,7,12H,2-3,6,8-10H2,1H3,(H2,17,20). The summed E-state index contributed by atoms with van der Waals surface area (Å²) >= 11 is 4.86. The quantitative estimate of drug-likeness (QED) is 0.846. The molecule has 0 aromatic heterocycles. The maximum absolute atomic E-state index is 13.5. The normalized spacial score (nSPS) is 19.2. The number of thiocarbonyl (C=S) groups is 1. The van der Waals surface area contributed by atoms with Gasteiger partial charge in [-0.25, -0.2) is 4.39 Å². The summed E-state index contributed by atoms with van der Waals surface area (Å²) in [6.45, 7) is 3.47. The minimum absolute atomic E-state index is 0.104. The van der Waals surface area contributed by atoms with E-state index in [0.717, 1.165) is 38.3 Å². The van der Waals surface area contributed by atoms with Crippen LogP contribution in [-0.4, -0.2) is 36.7 Å². The highest BCUT2D eigenvalue weighted by molar-refractivity contribution is 7.80. The summed E-state index contributed by atoms with van der Waals surface area (Å²) in [5.41, 5.74) is 6.87. The number of hydrogen-bond donors (Lipinski definition) is 1. The second kappa shape index (κ2) is 7.11. The molecule has 3 nitrogen and oxygen atoms in total. The van der Waals surface area contributed by atoms with Crippen molar-refractivity contribution in [3.63, 3.8) is 0 Å². The third-order valence-electron chi connectivity index (χ3n) is 3.57. The lowest BCUT2D eigenvalue weighted by atomic mass is 10.0. The largest absolute Gasteiger partial charge is 0.389 e. The van der Waals surface area contributed by atoms with Crippen LogP contribution in [0.2, 0.25) is 0 Å². The highest BCUT2D eigenvalue weighted by atomic mass is 32.1. The Morgan fingerprint density at radius 2 is 2.35 bits per heavy atom. The number of nitrogens with two attached hydrogens (primary N) is 1. The monoisotopic (exact) mass is 296 g/mol. The Kier molecular flexibility index (Phi) is 5.46. The number of nitrogens with zero attached hydrogens (tertiary/aromatic N) is 1. The molecule has 1 fully saturated rings. The molecule has 1 saturated heterocycles. The van der Waals surface area contributed by atoms with Gasteiger partial charge >= 0.3 is 0 Å². The van der Waals surface area contributed by atoms with Crippen LogP contribution in [0.15, 0.2) is 18.2 Å². The summed E-state index contributed by atoms with van der Waals surface area (Å²) in [5, 5.41) is 0. The second-order valence-electron chi connectivity index (χ2n) is 5.46. The predicted octanol–water partition coefficient (Wildman–Crippen LogP) is 2.32. The van der Waals surface area contributed by atoms with Crippen LogP contribution in [0.4, 0.5) is 4.39 Å². The smallest absolute Gasteiger partial charge is 0.133 e. The van der Waals surface area contributed by atoms with Crippen molar-refractivity contribution in [1.29, 1.82) is 0 Å². The van der Waals surface area contributed by atoms with Crippen LogP contribution in [0, 0.1) is 11.7 Å². The summed E-state index contributed by atoms with van der Waals surface area (Å²) in [6, 6.07) is 4.96. The molecule has 0 saturated carbocycles. The van der Waals surface area contributed by atoms with Gasteiger partial charge in [-0.1, -0.05) is 18.3 Å². The van der Waals surface area contributed by atoms with Crippen LogP contribution < -0.4 is 5.73 Å². The number of hydrogen-bond acceptors (Lipinski definition) is 3. The molecule has 1 aliphatic heterocycles. The van der Waals surface area contributed by atoms with Gasteiger partial charge < -0.3 is 15.4 Å². The molecule has 1 aromatic carbocycles. The van der Waals surface area contributed by atoms with E-state index in [0.29, 0.717) is 11.5 Å². The SMILES string of the molecule is CN(Cc1ccc(F)c(C(N)=S)c1)CC1CCCOC1. The lowest BCUT2D eigenvalue weighted by molar-refractivity contribution is 0.0411. The fourth-order valence-electron chi connectivity index (χ4n) is 2.63. The van der Waals surface area contributed by atoms with Crippen LogP contribution in [0.5, 0.6) is 0 Å². The van der Waals surface area contributed by atoms with E-state index >= 15 is 0 Å². The Labute approximate surface area is 124 Å². The maximum Gasteiger partial charge on any atom is 0.133 e. The Morgan fingerprint density at radius 1 is 1.55 bits per heavy atom. The molecule has 1 heterocycles. The summed E-state index contributed by atoms with van der Waals surface area (Å²) < 4.78 is 19.0. The molecule has 0 bridgehead atoms. The molecule has 0 radical (unpaired) electrons. The van der Waals surface area contributed by atoms with Gasteiger partial charge in [-0.15, -0.1) is 0 Å². The van der Waals surface area contributed by atoms with Crippen LogP contribution >= 0.6 is 12.2 Å². The van der Waals surface area contributed by atoms with Crippen molar-refractivity contribution in [3.8, 4) is 0 Å². The minimum Gasteiger partial charge on any atom is -0.389 e. The molecular formula is C15H21FN2OS. The Balaban J connectivity index is 1.95. The lowest BCUT2D eigenvalue weighted by Crippen LogP contribution is -2.30. The van der Waals surface area contributed by atoms with Crippen molar-refractivity contribution in [2.75, 3.05) is 26.8 Å². The average molecular weight is 296 g/mol. The van der Waals surface area contributed by atoms with E-state index in [1.165, 1.54) is 12.5 Å². The molecular weight excluding hydrogens is 275 g/mol. The molecule has 2 rings (SSSR count). The molecule has 5 heteroatoms. The summed E-state index contributed by atoms with van der Waals surface area (Å²) in [4.78, 5) is 2.34. The topological polar surface area (TPSA) is 38.5 Å². The van der Waals surface area contributed by atoms with E-state index in [4.69, 9.17) is 22.7 Å². The zero-order valence-electron chi connectivity index (χ0n) is 11.8. The Morgan fingerprint density at radius 3 is 3.00 bits per heavy atom. The number of rotatable bonds is 5. The van der Waals surface area contributed by atoms with Gasteiger partial charge in [-0.2, -0.15) is 0 Å². The molecule has 1 aromatic rings. The van der Waals surface area contributed by atoms with E-state index < -0.39 is 0 Å². The van der Waals surface area contributed by atoms with Gasteiger partial charge in [0.1, 0.15) is 10.8 Å². The van der Waals surface area contributed by atoms with E-state index in [9.17, 15) is 4.39 Å². The van der Waals surface area contributed by atoms with Gasteiger partial charge in [-0.3, -0.25) is 0 Å². The molecule has 1 unspecified atom stereocenters. The fourth-order valence-corrected chi connectivity index (χ4v) is 2.78. The zero-order valence-corrected chi connectivity index (χ0v) is 12.6. The van der Waals surface area contributed by atoms with Crippen LogP contribution in [0.3, 0.4) is 0 Å². The molecule has 0 spiro atoms. The minimum atomic E-state index is -0.357. The molecule has 1 aliphatic rings. The highest BCUT2D eigenvalue weighted by Crippen LogP contribution is 2.17. The van der Waals surface area contributed by atoms with Crippen molar-refractivity contribution in [3.05, 3.63) is 35.1 Å². The predicted molar refractivity (Wildman–Crippen MR) is 82.2 cm³/mol. The molecule has 2 N–H and O–H groups in total. The van der Waals surface area contributed by atoms with E-state index in [-0.39, 0.29) is 10.8 Å². The van der Waals surface area contributed by atoms with Gasteiger partial charge in [0.2, 0.25) is 0 Å². The first-order valence-corrected chi connectivity index (χ1v) is 7.31. The number of halogens is 1.